The van der Waals surface area contributed by atoms with E-state index in [0.29, 0.717) is 12.2 Å². The third-order valence-corrected chi connectivity index (χ3v) is 5.95. The lowest BCUT2D eigenvalue weighted by Gasteiger charge is -2.48. The van der Waals surface area contributed by atoms with E-state index in [1.165, 1.54) is 6.42 Å². The van der Waals surface area contributed by atoms with Crippen LogP contribution in [0.3, 0.4) is 0 Å². The number of likely N-dealkylation sites (tertiary alicyclic amines) is 2. The summed E-state index contributed by atoms with van der Waals surface area (Å²) >= 11 is 0. The molecule has 0 radical (unpaired) electrons. The van der Waals surface area contributed by atoms with Gasteiger partial charge in [-0.3, -0.25) is 9.69 Å². The van der Waals surface area contributed by atoms with Crippen molar-refractivity contribution >= 4 is 5.91 Å². The molecule has 2 N–H and O–H groups in total. The number of carbonyl (C=O) groups is 1. The second-order valence-electron chi connectivity index (χ2n) is 7.98. The van der Waals surface area contributed by atoms with Gasteiger partial charge in [-0.2, -0.15) is 0 Å². The zero-order chi connectivity index (χ0) is 18.7. The number of aliphatic hydroxyl groups is 1. The minimum Gasteiger partial charge on any atom is -0.462 e. The van der Waals surface area contributed by atoms with Gasteiger partial charge in [-0.05, 0) is 37.9 Å². The monoisotopic (exact) mass is 372 g/mol. The number of nitrogens with zero attached hydrogens (tertiary/aromatic N) is 3. The van der Waals surface area contributed by atoms with Gasteiger partial charge in [0.1, 0.15) is 18.1 Å². The predicted octanol–water partition coefficient (Wildman–Crippen LogP) is 1.94. The molecular weight excluding hydrogens is 344 g/mol. The Morgan fingerprint density at radius 2 is 2.15 bits per heavy atom. The van der Waals surface area contributed by atoms with Gasteiger partial charge in [0.25, 0.3) is 0 Å². The Labute approximate surface area is 159 Å². The molecule has 2 aromatic heterocycles. The van der Waals surface area contributed by atoms with Crippen molar-refractivity contribution in [3.8, 4) is 0 Å². The molecule has 4 rings (SSSR count). The summed E-state index contributed by atoms with van der Waals surface area (Å²) in [5.74, 6) is 1.79. The number of nitrogens with one attached hydrogen (secondary N) is 1. The third kappa shape index (κ3) is 4.25. The molecule has 27 heavy (non-hydrogen) atoms. The average Bonchev–Trinajstić information content (AvgIpc) is 3.35. The molecule has 1 unspecified atom stereocenters. The van der Waals surface area contributed by atoms with Crippen molar-refractivity contribution in [1.82, 2.24) is 19.8 Å². The van der Waals surface area contributed by atoms with Crippen molar-refractivity contribution in [2.75, 3.05) is 26.2 Å². The van der Waals surface area contributed by atoms with Gasteiger partial charge in [0.05, 0.1) is 12.9 Å². The summed E-state index contributed by atoms with van der Waals surface area (Å²) in [4.78, 5) is 24.1. The van der Waals surface area contributed by atoms with Crippen molar-refractivity contribution in [1.29, 1.82) is 0 Å². The highest BCUT2D eigenvalue weighted by Crippen LogP contribution is 2.39. The van der Waals surface area contributed by atoms with Crippen LogP contribution in [0.15, 0.2) is 29.1 Å². The molecule has 2 saturated heterocycles. The fraction of sp³-hybridized carbons (Fsp3) is 0.600. The highest BCUT2D eigenvalue weighted by atomic mass is 16.4. The zero-order valence-corrected chi connectivity index (χ0v) is 15.7. The number of piperidine rings is 2. The number of aromatic nitrogens is 2. The maximum Gasteiger partial charge on any atom is 0.222 e. The first kappa shape index (κ1) is 18.3. The molecule has 2 aliphatic rings. The second-order valence-corrected chi connectivity index (χ2v) is 7.98. The fourth-order valence-corrected chi connectivity index (χ4v) is 4.57. The summed E-state index contributed by atoms with van der Waals surface area (Å²) < 4.78 is 5.66. The smallest absolute Gasteiger partial charge is 0.222 e. The lowest BCUT2D eigenvalue weighted by Crippen LogP contribution is -2.54. The molecule has 0 aliphatic carbocycles. The van der Waals surface area contributed by atoms with E-state index >= 15 is 0 Å². The van der Waals surface area contributed by atoms with Crippen LogP contribution >= 0.6 is 0 Å². The summed E-state index contributed by atoms with van der Waals surface area (Å²) in [6, 6.07) is 3.79. The van der Waals surface area contributed by atoms with Crippen LogP contribution in [0.25, 0.3) is 0 Å². The normalized spacial score (nSPS) is 24.0. The average molecular weight is 372 g/mol. The van der Waals surface area contributed by atoms with Gasteiger partial charge in [0.15, 0.2) is 0 Å². The van der Waals surface area contributed by atoms with Crippen LogP contribution in [0, 0.1) is 5.41 Å². The number of hydrogen-bond donors (Lipinski definition) is 2. The quantitative estimate of drug-likeness (QED) is 0.809. The largest absolute Gasteiger partial charge is 0.462 e. The molecule has 2 aliphatic heterocycles. The molecule has 2 fully saturated rings. The number of amides is 1. The number of furan rings is 1. The van der Waals surface area contributed by atoms with Crippen LogP contribution in [0.5, 0.6) is 0 Å². The second kappa shape index (κ2) is 7.86. The van der Waals surface area contributed by atoms with Crippen molar-refractivity contribution in [3.05, 3.63) is 41.9 Å². The highest BCUT2D eigenvalue weighted by molar-refractivity contribution is 5.77. The van der Waals surface area contributed by atoms with Gasteiger partial charge in [0.2, 0.25) is 5.91 Å². The van der Waals surface area contributed by atoms with E-state index in [9.17, 15) is 9.90 Å². The lowest BCUT2D eigenvalue weighted by atomic mass is 9.73. The number of carbonyl (C=O) groups excluding carboxylic acids is 1. The molecule has 4 heterocycles. The van der Waals surface area contributed by atoms with Gasteiger partial charge in [0, 0.05) is 49.8 Å². The first-order chi connectivity index (χ1) is 13.2. The lowest BCUT2D eigenvalue weighted by molar-refractivity contribution is -0.139. The molecule has 7 nitrogen and oxygen atoms in total. The van der Waals surface area contributed by atoms with E-state index < -0.39 is 0 Å². The first-order valence-corrected chi connectivity index (χ1v) is 9.82. The van der Waals surface area contributed by atoms with Crippen molar-refractivity contribution in [2.24, 2.45) is 5.41 Å². The highest BCUT2D eigenvalue weighted by Gasteiger charge is 2.41. The van der Waals surface area contributed by atoms with Crippen molar-refractivity contribution in [3.63, 3.8) is 0 Å². The number of rotatable bonds is 6. The number of hydrogen-bond acceptors (Lipinski definition) is 5. The maximum atomic E-state index is 12.4. The summed E-state index contributed by atoms with van der Waals surface area (Å²) in [5.41, 5.74) is 1.26. The van der Waals surface area contributed by atoms with Gasteiger partial charge in [-0.1, -0.05) is 0 Å². The molecule has 1 spiro atoms. The number of H-pyrrole nitrogens is 1. The Kier molecular flexibility index (Phi) is 5.31. The van der Waals surface area contributed by atoms with E-state index in [2.05, 4.69) is 14.9 Å². The summed E-state index contributed by atoms with van der Waals surface area (Å²) in [5, 5.41) is 9.18. The van der Waals surface area contributed by atoms with Crippen LogP contribution in [0.4, 0.5) is 0 Å². The van der Waals surface area contributed by atoms with Crippen LogP contribution < -0.4 is 0 Å². The SMILES string of the molecule is O=C1CCC2(CCCN(Cc3ccc(CO)o3)C2)CN1CCc1cnc[nH]1. The van der Waals surface area contributed by atoms with Crippen LogP contribution in [-0.4, -0.2) is 57.0 Å². The van der Waals surface area contributed by atoms with E-state index in [1.54, 1.807) is 6.33 Å². The number of imidazole rings is 1. The minimum absolute atomic E-state index is 0.0582. The Morgan fingerprint density at radius 1 is 1.26 bits per heavy atom. The van der Waals surface area contributed by atoms with Gasteiger partial charge < -0.3 is 19.4 Å². The standard InChI is InChI=1S/C20H28N4O3/c25-12-18-3-2-17(27-18)11-23-8-1-6-20(13-23)7-4-19(26)24(14-20)9-5-16-10-21-15-22-16/h2-3,10,15,25H,1,4-9,11-14H2,(H,21,22). The topological polar surface area (TPSA) is 85.6 Å². The van der Waals surface area contributed by atoms with Crippen LogP contribution in [0.2, 0.25) is 0 Å². The fourth-order valence-electron chi connectivity index (χ4n) is 4.57. The van der Waals surface area contributed by atoms with E-state index in [-0.39, 0.29) is 17.9 Å². The Bertz CT molecular complexity index is 757. The third-order valence-electron chi connectivity index (χ3n) is 5.95. The van der Waals surface area contributed by atoms with Crippen molar-refractivity contribution in [2.45, 2.75) is 45.3 Å². The van der Waals surface area contributed by atoms with Crippen LogP contribution in [-0.2, 0) is 24.4 Å². The Morgan fingerprint density at radius 3 is 2.93 bits per heavy atom. The minimum atomic E-state index is -0.0582. The molecule has 1 atom stereocenters. The predicted molar refractivity (Wildman–Crippen MR) is 99.7 cm³/mol. The maximum absolute atomic E-state index is 12.4. The van der Waals surface area contributed by atoms with E-state index in [4.69, 9.17) is 4.42 Å². The van der Waals surface area contributed by atoms with Crippen LogP contribution in [0.1, 0.15) is 42.9 Å². The Balaban J connectivity index is 1.38. The zero-order valence-electron chi connectivity index (χ0n) is 15.7. The first-order valence-electron chi connectivity index (χ1n) is 9.82. The molecule has 2 aromatic rings. The summed E-state index contributed by atoms with van der Waals surface area (Å²) in [6.45, 7) is 4.35. The summed E-state index contributed by atoms with van der Waals surface area (Å²) in [7, 11) is 0. The number of aliphatic hydroxyl groups excluding tert-OH is 1. The van der Waals surface area contributed by atoms with Crippen molar-refractivity contribution < 1.29 is 14.3 Å². The molecule has 146 valence electrons. The molecular formula is C20H28N4O3. The molecule has 0 aromatic carbocycles. The number of aromatic amines is 1. The van der Waals surface area contributed by atoms with E-state index in [0.717, 1.165) is 63.4 Å². The van der Waals surface area contributed by atoms with Gasteiger partial charge in [-0.25, -0.2) is 4.98 Å². The molecule has 7 heteroatoms. The van der Waals surface area contributed by atoms with Gasteiger partial charge >= 0.3 is 0 Å². The van der Waals surface area contributed by atoms with E-state index in [1.807, 2.05) is 23.2 Å². The summed E-state index contributed by atoms with van der Waals surface area (Å²) in [6.07, 6.45) is 8.28. The Hall–Kier alpha value is -2.12. The molecule has 0 saturated carbocycles. The molecule has 0 bridgehead atoms. The molecule has 1 amide bonds. The van der Waals surface area contributed by atoms with Gasteiger partial charge in [-0.15, -0.1) is 0 Å².